The lowest BCUT2D eigenvalue weighted by Gasteiger charge is -2.26. The molecule has 1 heterocycles. The van der Waals surface area contributed by atoms with E-state index < -0.39 is 0 Å². The van der Waals surface area contributed by atoms with E-state index in [1.807, 2.05) is 0 Å². The molecule has 1 saturated heterocycles. The summed E-state index contributed by atoms with van der Waals surface area (Å²) >= 11 is 0. The first-order valence-corrected chi connectivity index (χ1v) is 5.93. The van der Waals surface area contributed by atoms with Gasteiger partial charge in [0.25, 0.3) is 0 Å². The quantitative estimate of drug-likeness (QED) is 0.753. The van der Waals surface area contributed by atoms with Gasteiger partial charge in [0.1, 0.15) is 6.61 Å². The van der Waals surface area contributed by atoms with Gasteiger partial charge in [-0.25, -0.2) is 0 Å². The van der Waals surface area contributed by atoms with E-state index in [0.29, 0.717) is 5.92 Å². The Morgan fingerprint density at radius 3 is 2.56 bits per heavy atom. The highest BCUT2D eigenvalue weighted by molar-refractivity contribution is 5.85. The predicted molar refractivity (Wildman–Crippen MR) is 64.8 cm³/mol. The molecule has 2 N–H and O–H groups in total. The number of hydrogen-bond donors (Lipinski definition) is 2. The fourth-order valence-corrected chi connectivity index (χ4v) is 2.10. The summed E-state index contributed by atoms with van der Waals surface area (Å²) < 4.78 is 5.38. The van der Waals surface area contributed by atoms with E-state index in [0.717, 1.165) is 19.6 Å². The van der Waals surface area contributed by atoms with Gasteiger partial charge in [-0.15, -0.1) is 12.4 Å². The Morgan fingerprint density at radius 2 is 2.00 bits per heavy atom. The van der Waals surface area contributed by atoms with Crippen LogP contribution in [-0.2, 0) is 9.53 Å². The molecule has 0 bridgehead atoms. The van der Waals surface area contributed by atoms with Crippen LogP contribution in [0.5, 0.6) is 0 Å². The molecule has 0 spiro atoms. The van der Waals surface area contributed by atoms with E-state index in [4.69, 9.17) is 4.74 Å². The normalized spacial score (nSPS) is 21.2. The minimum absolute atomic E-state index is 0. The van der Waals surface area contributed by atoms with Gasteiger partial charge < -0.3 is 15.4 Å². The van der Waals surface area contributed by atoms with Crippen molar-refractivity contribution in [3.63, 3.8) is 0 Å². The summed E-state index contributed by atoms with van der Waals surface area (Å²) in [7, 11) is 0. The van der Waals surface area contributed by atoms with E-state index >= 15 is 0 Å². The van der Waals surface area contributed by atoms with Crippen LogP contribution < -0.4 is 10.6 Å². The van der Waals surface area contributed by atoms with Crippen molar-refractivity contribution in [1.29, 1.82) is 0 Å². The minimum atomic E-state index is 0. The van der Waals surface area contributed by atoms with Crippen molar-refractivity contribution in [3.8, 4) is 0 Å². The number of amides is 1. The van der Waals surface area contributed by atoms with Crippen molar-refractivity contribution >= 4 is 18.3 Å². The molecule has 0 unspecified atom stereocenters. The number of hydrogen-bond acceptors (Lipinski definition) is 3. The second-order valence-electron chi connectivity index (χ2n) is 4.55. The lowest BCUT2D eigenvalue weighted by atomic mass is 10.1. The fraction of sp³-hybridized carbons (Fsp3) is 0.909. The zero-order valence-corrected chi connectivity index (χ0v) is 10.4. The number of carbonyl (C=O) groups is 1. The summed E-state index contributed by atoms with van der Waals surface area (Å²) in [5.41, 5.74) is 0. The third-order valence-corrected chi connectivity index (χ3v) is 3.26. The molecule has 2 rings (SSSR count). The monoisotopic (exact) mass is 248 g/mol. The first kappa shape index (κ1) is 13.7. The molecule has 0 aromatic carbocycles. The van der Waals surface area contributed by atoms with Crippen molar-refractivity contribution in [3.05, 3.63) is 0 Å². The standard InChI is InChI=1S/C11H20N2O2.ClH/c14-11(8-15-10-6-12-7-10)13-5-9-3-1-2-4-9;/h9-10,12H,1-8H2,(H,13,14);1H. The Bertz CT molecular complexity index is 216. The maximum atomic E-state index is 11.4. The van der Waals surface area contributed by atoms with Gasteiger partial charge in [-0.3, -0.25) is 4.79 Å². The average molecular weight is 249 g/mol. The third-order valence-electron chi connectivity index (χ3n) is 3.26. The number of ether oxygens (including phenoxy) is 1. The van der Waals surface area contributed by atoms with Crippen LogP contribution in [0.2, 0.25) is 0 Å². The van der Waals surface area contributed by atoms with Crippen LogP contribution in [0.15, 0.2) is 0 Å². The summed E-state index contributed by atoms with van der Waals surface area (Å²) in [6, 6.07) is 0. The zero-order chi connectivity index (χ0) is 10.5. The van der Waals surface area contributed by atoms with Crippen LogP contribution in [0.25, 0.3) is 0 Å². The smallest absolute Gasteiger partial charge is 0.246 e. The number of carbonyl (C=O) groups excluding carboxylic acids is 1. The van der Waals surface area contributed by atoms with Gasteiger partial charge in [0.05, 0.1) is 6.10 Å². The molecule has 94 valence electrons. The molecule has 1 amide bonds. The number of rotatable bonds is 5. The summed E-state index contributed by atoms with van der Waals surface area (Å²) in [5.74, 6) is 0.744. The second-order valence-corrected chi connectivity index (χ2v) is 4.55. The summed E-state index contributed by atoms with van der Waals surface area (Å²) in [6.45, 7) is 2.83. The molecule has 2 fully saturated rings. The average Bonchev–Trinajstić information content (AvgIpc) is 2.64. The van der Waals surface area contributed by atoms with Gasteiger partial charge in [0.15, 0.2) is 0 Å². The number of halogens is 1. The van der Waals surface area contributed by atoms with Crippen LogP contribution in [-0.4, -0.2) is 38.3 Å². The molecule has 0 radical (unpaired) electrons. The van der Waals surface area contributed by atoms with Crippen LogP contribution in [0.4, 0.5) is 0 Å². The van der Waals surface area contributed by atoms with Crippen molar-refractivity contribution in [1.82, 2.24) is 10.6 Å². The number of nitrogens with one attached hydrogen (secondary N) is 2. The maximum Gasteiger partial charge on any atom is 0.246 e. The van der Waals surface area contributed by atoms with Crippen molar-refractivity contribution in [2.24, 2.45) is 5.92 Å². The molecular formula is C11H21ClN2O2. The highest BCUT2D eigenvalue weighted by atomic mass is 35.5. The molecule has 0 aromatic heterocycles. The van der Waals surface area contributed by atoms with Crippen LogP contribution in [0.1, 0.15) is 25.7 Å². The molecule has 1 saturated carbocycles. The molecule has 2 aliphatic rings. The van der Waals surface area contributed by atoms with Gasteiger partial charge in [-0.2, -0.15) is 0 Å². The van der Waals surface area contributed by atoms with Gasteiger partial charge in [0.2, 0.25) is 5.91 Å². The molecule has 5 heteroatoms. The Hall–Kier alpha value is -0.320. The molecule has 0 aromatic rings. The molecule has 4 nitrogen and oxygen atoms in total. The Morgan fingerprint density at radius 1 is 1.31 bits per heavy atom. The highest BCUT2D eigenvalue weighted by Crippen LogP contribution is 2.23. The zero-order valence-electron chi connectivity index (χ0n) is 9.54. The lowest BCUT2D eigenvalue weighted by molar-refractivity contribution is -0.128. The minimum Gasteiger partial charge on any atom is -0.366 e. The van der Waals surface area contributed by atoms with E-state index in [2.05, 4.69) is 10.6 Å². The summed E-state index contributed by atoms with van der Waals surface area (Å²) in [5, 5.41) is 6.05. The predicted octanol–water partition coefficient (Wildman–Crippen LogP) is 0.703. The summed E-state index contributed by atoms with van der Waals surface area (Å²) in [6.07, 6.45) is 5.44. The molecular weight excluding hydrogens is 228 g/mol. The fourth-order valence-electron chi connectivity index (χ4n) is 2.10. The molecule has 16 heavy (non-hydrogen) atoms. The van der Waals surface area contributed by atoms with E-state index in [9.17, 15) is 4.79 Å². The Balaban J connectivity index is 0.00000128. The summed E-state index contributed by atoms with van der Waals surface area (Å²) in [4.78, 5) is 11.4. The van der Waals surface area contributed by atoms with Crippen LogP contribution >= 0.6 is 12.4 Å². The molecule has 1 aliphatic heterocycles. The van der Waals surface area contributed by atoms with Crippen LogP contribution in [0, 0.1) is 5.92 Å². The lowest BCUT2D eigenvalue weighted by Crippen LogP contribution is -2.49. The van der Waals surface area contributed by atoms with E-state index in [1.54, 1.807) is 0 Å². The SMILES string of the molecule is Cl.O=C(COC1CNC1)NCC1CCCC1. The topological polar surface area (TPSA) is 50.4 Å². The first-order valence-electron chi connectivity index (χ1n) is 5.93. The Labute approximate surface area is 103 Å². The molecule has 0 atom stereocenters. The van der Waals surface area contributed by atoms with Crippen LogP contribution in [0.3, 0.4) is 0 Å². The largest absolute Gasteiger partial charge is 0.366 e. The highest BCUT2D eigenvalue weighted by Gasteiger charge is 2.19. The van der Waals surface area contributed by atoms with E-state index in [-0.39, 0.29) is 31.0 Å². The van der Waals surface area contributed by atoms with Crippen molar-refractivity contribution in [2.75, 3.05) is 26.2 Å². The van der Waals surface area contributed by atoms with Gasteiger partial charge in [-0.1, -0.05) is 12.8 Å². The van der Waals surface area contributed by atoms with E-state index in [1.165, 1.54) is 25.7 Å². The Kier molecular flexibility index (Phi) is 6.09. The second kappa shape index (κ2) is 7.09. The third kappa shape index (κ3) is 4.28. The maximum absolute atomic E-state index is 11.4. The molecule has 1 aliphatic carbocycles. The first-order chi connectivity index (χ1) is 7.34. The van der Waals surface area contributed by atoms with Gasteiger partial charge in [-0.05, 0) is 18.8 Å². The van der Waals surface area contributed by atoms with Crippen molar-refractivity contribution in [2.45, 2.75) is 31.8 Å². The van der Waals surface area contributed by atoms with Crippen molar-refractivity contribution < 1.29 is 9.53 Å². The van der Waals surface area contributed by atoms with Gasteiger partial charge in [0, 0.05) is 19.6 Å². The van der Waals surface area contributed by atoms with Gasteiger partial charge >= 0.3 is 0 Å².